The summed E-state index contributed by atoms with van der Waals surface area (Å²) in [7, 11) is -3.38. The molecule has 156 valence electrons. The molecule has 1 N–H and O–H groups in total. The van der Waals surface area contributed by atoms with Gasteiger partial charge in [0.25, 0.3) is 0 Å². The second-order valence-electron chi connectivity index (χ2n) is 6.78. The van der Waals surface area contributed by atoms with Crippen LogP contribution in [0.25, 0.3) is 0 Å². The normalized spacial score (nSPS) is 21.0. The molecule has 0 saturated carbocycles. The van der Waals surface area contributed by atoms with Crippen molar-refractivity contribution in [1.29, 1.82) is 0 Å². The molecule has 3 rings (SSSR count). The maximum atomic E-state index is 12.9. The van der Waals surface area contributed by atoms with Crippen molar-refractivity contribution in [2.75, 3.05) is 18.8 Å². The smallest absolute Gasteiger partial charge is 0.526 e. The first-order valence-corrected chi connectivity index (χ1v) is 11.0. The number of nitrogens with one attached hydrogen (secondary N) is 1. The number of aliphatic imine (C=N–C) groups is 1. The Labute approximate surface area is 222 Å². The van der Waals surface area contributed by atoms with Gasteiger partial charge in [0.05, 0.1) is 23.8 Å². The molecular formula is C18H20ClFKN6O2S-. The van der Waals surface area contributed by atoms with Gasteiger partial charge in [-0.3, -0.25) is 4.98 Å². The average molecular weight is 478 g/mol. The van der Waals surface area contributed by atoms with E-state index < -0.39 is 15.8 Å². The van der Waals surface area contributed by atoms with E-state index >= 15 is 0 Å². The van der Waals surface area contributed by atoms with Crippen molar-refractivity contribution in [3.63, 3.8) is 0 Å². The Kier molecular flexibility index (Phi) is 10.2. The summed E-state index contributed by atoms with van der Waals surface area (Å²) in [5, 5.41) is 10.2. The molecule has 2 atom stereocenters. The molecule has 0 aliphatic carbocycles. The first-order chi connectivity index (χ1) is 13.8. The van der Waals surface area contributed by atoms with Crippen LogP contribution in [0.3, 0.4) is 0 Å². The van der Waals surface area contributed by atoms with Crippen molar-refractivity contribution >= 4 is 27.8 Å². The van der Waals surface area contributed by atoms with Gasteiger partial charge in [-0.1, -0.05) is 31.5 Å². The number of sulfonamides is 1. The Morgan fingerprint density at radius 2 is 2.23 bits per heavy atom. The van der Waals surface area contributed by atoms with Gasteiger partial charge in [0, 0.05) is 19.5 Å². The molecule has 3 heterocycles. The zero-order chi connectivity index (χ0) is 20.9. The van der Waals surface area contributed by atoms with Crippen molar-refractivity contribution in [1.82, 2.24) is 24.7 Å². The van der Waals surface area contributed by atoms with Gasteiger partial charge >= 0.3 is 51.4 Å². The van der Waals surface area contributed by atoms with Gasteiger partial charge in [0.2, 0.25) is 10.0 Å². The van der Waals surface area contributed by atoms with Crippen LogP contribution in [0.4, 0.5) is 4.39 Å². The molecule has 0 bridgehead atoms. The molecule has 12 heteroatoms. The van der Waals surface area contributed by atoms with E-state index in [1.165, 1.54) is 22.6 Å². The summed E-state index contributed by atoms with van der Waals surface area (Å²) in [5.74, 6) is -0.462. The van der Waals surface area contributed by atoms with Crippen molar-refractivity contribution < 1.29 is 64.2 Å². The number of pyridine rings is 1. The van der Waals surface area contributed by atoms with Gasteiger partial charge in [0.15, 0.2) is 0 Å². The van der Waals surface area contributed by atoms with Gasteiger partial charge in [-0.05, 0) is 5.69 Å². The van der Waals surface area contributed by atoms with E-state index in [0.29, 0.717) is 37.3 Å². The van der Waals surface area contributed by atoms with E-state index in [1.807, 2.05) is 6.92 Å². The maximum Gasteiger partial charge on any atom is 1.00 e. The first kappa shape index (κ1) is 25.7. The van der Waals surface area contributed by atoms with E-state index in [2.05, 4.69) is 37.7 Å². The second-order valence-corrected chi connectivity index (χ2v) is 9.22. The molecule has 1 fully saturated rings. The molecule has 0 radical (unpaired) electrons. The number of rotatable bonds is 7. The van der Waals surface area contributed by atoms with Crippen molar-refractivity contribution in [3.05, 3.63) is 53.0 Å². The zero-order valence-corrected chi connectivity index (χ0v) is 21.4. The molecule has 1 aliphatic rings. The number of halogens is 2. The standard InChI is InChI=1S/C18H20ClFN6O2S.K/c1-13-12-26(29(27,28)7-5-17-11-23-25-24-17)6-4-14(13)8-18(19)22-10-16-3-2-15(20)9-21-16;/h2-3,9,11,13-14H,4-7,12H2,1H3,(H,23,24,25);/q-2;+1/t13-,14-;/m0./s1. The van der Waals surface area contributed by atoms with E-state index in [1.54, 1.807) is 0 Å². The summed E-state index contributed by atoms with van der Waals surface area (Å²) in [6.45, 7) is 2.73. The van der Waals surface area contributed by atoms with Crippen LogP contribution in [0.5, 0.6) is 0 Å². The predicted octanol–water partition coefficient (Wildman–Crippen LogP) is -0.947. The summed E-state index contributed by atoms with van der Waals surface area (Å²) < 4.78 is 39.5. The topological polar surface area (TPSA) is 104 Å². The number of piperidine rings is 1. The van der Waals surface area contributed by atoms with Gasteiger partial charge in [-0.25, -0.2) is 17.1 Å². The summed E-state index contributed by atoms with van der Waals surface area (Å²) in [5.41, 5.74) is 0.969. The number of H-pyrrole nitrogens is 1. The number of aromatic nitrogens is 4. The SMILES string of the molecule is C[C@H]1CN(S(=O)(=O)CCc2cn[nH]n2)CC[C@H]1[C-]=C(Cl)N=[C-]c1ccc(F)cn1.[K+]. The van der Waals surface area contributed by atoms with Crippen LogP contribution in [0.2, 0.25) is 0 Å². The van der Waals surface area contributed by atoms with Crippen LogP contribution in [-0.4, -0.2) is 58.2 Å². The molecule has 0 spiro atoms. The first-order valence-electron chi connectivity index (χ1n) is 9.03. The van der Waals surface area contributed by atoms with Crippen LogP contribution >= 0.6 is 11.6 Å². The van der Waals surface area contributed by atoms with E-state index in [-0.39, 0.29) is 74.1 Å². The van der Waals surface area contributed by atoms with Crippen molar-refractivity contribution in [2.24, 2.45) is 16.8 Å². The molecule has 0 unspecified atom stereocenters. The van der Waals surface area contributed by atoms with Crippen LogP contribution in [0.15, 0.2) is 34.7 Å². The van der Waals surface area contributed by atoms with Gasteiger partial charge in [0.1, 0.15) is 5.82 Å². The maximum absolute atomic E-state index is 12.9. The Bertz CT molecular complexity index is 969. The molecule has 0 amide bonds. The largest absolute Gasteiger partial charge is 1.00 e. The minimum Gasteiger partial charge on any atom is -0.526 e. The number of nitrogens with zero attached hydrogens (tertiary/aromatic N) is 5. The minimum absolute atomic E-state index is 0. The molecule has 1 saturated heterocycles. The van der Waals surface area contributed by atoms with E-state index in [0.717, 1.165) is 6.20 Å². The van der Waals surface area contributed by atoms with Gasteiger partial charge in [-0.15, -0.1) is 6.07 Å². The van der Waals surface area contributed by atoms with E-state index in [4.69, 9.17) is 11.6 Å². The Hall–Kier alpha value is -0.534. The quantitative estimate of drug-likeness (QED) is 0.240. The Morgan fingerprint density at radius 3 is 2.87 bits per heavy atom. The van der Waals surface area contributed by atoms with E-state index in [9.17, 15) is 12.8 Å². The minimum atomic E-state index is -3.38. The fraction of sp³-hybridized carbons (Fsp3) is 0.444. The van der Waals surface area contributed by atoms with Crippen LogP contribution in [0.1, 0.15) is 24.7 Å². The molecule has 30 heavy (non-hydrogen) atoms. The molecule has 1 aliphatic heterocycles. The predicted molar refractivity (Wildman–Crippen MR) is 106 cm³/mol. The molecule has 2 aromatic heterocycles. The molecule has 2 aromatic rings. The number of hydrogen-bond acceptors (Lipinski definition) is 6. The third-order valence-corrected chi connectivity index (χ3v) is 6.68. The monoisotopic (exact) mass is 477 g/mol. The number of hydrogen-bond donors (Lipinski definition) is 1. The molecular weight excluding hydrogens is 458 g/mol. The Balaban J connectivity index is 0.00000320. The Morgan fingerprint density at radius 1 is 1.43 bits per heavy atom. The van der Waals surface area contributed by atoms with Crippen molar-refractivity contribution in [2.45, 2.75) is 19.8 Å². The summed E-state index contributed by atoms with van der Waals surface area (Å²) in [6.07, 6.45) is 9.21. The van der Waals surface area contributed by atoms with Crippen LogP contribution in [-0.2, 0) is 16.4 Å². The number of aryl methyl sites for hydroxylation is 1. The van der Waals surface area contributed by atoms with Crippen LogP contribution in [0, 0.1) is 23.7 Å². The number of allylic oxidation sites excluding steroid dienone is 1. The fourth-order valence-corrected chi connectivity index (χ4v) is 4.77. The molecule has 0 aromatic carbocycles. The third-order valence-electron chi connectivity index (χ3n) is 4.64. The van der Waals surface area contributed by atoms with Crippen LogP contribution < -0.4 is 51.4 Å². The third kappa shape index (κ3) is 7.55. The summed E-state index contributed by atoms with van der Waals surface area (Å²) in [4.78, 5) is 7.79. The average Bonchev–Trinajstić information content (AvgIpc) is 3.21. The number of aromatic amines is 1. The summed E-state index contributed by atoms with van der Waals surface area (Å²) >= 11 is 6.12. The van der Waals surface area contributed by atoms with Gasteiger partial charge < -0.3 is 11.1 Å². The second kappa shape index (κ2) is 11.9. The molecule has 8 nitrogen and oxygen atoms in total. The zero-order valence-electron chi connectivity index (χ0n) is 16.7. The fourth-order valence-electron chi connectivity index (χ4n) is 3.02. The summed E-state index contributed by atoms with van der Waals surface area (Å²) in [6, 6.07) is 2.70. The van der Waals surface area contributed by atoms with Gasteiger partial charge in [-0.2, -0.15) is 38.1 Å². The van der Waals surface area contributed by atoms with Crippen molar-refractivity contribution in [3.8, 4) is 0 Å².